The lowest BCUT2D eigenvalue weighted by Crippen LogP contribution is -2.25. The number of phenolic OH excluding ortho intramolecular Hbond substituents is 2. The van der Waals surface area contributed by atoms with Crippen molar-refractivity contribution >= 4 is 23.8 Å². The Morgan fingerprint density at radius 2 is 1.25 bits per heavy atom. The zero-order valence-electron chi connectivity index (χ0n) is 20.7. The monoisotopic (exact) mass is 438 g/mol. The van der Waals surface area contributed by atoms with Crippen molar-refractivity contribution in [1.29, 1.82) is 0 Å². The predicted octanol–water partition coefficient (Wildman–Crippen LogP) is 5.10. The highest BCUT2D eigenvalue weighted by Crippen LogP contribution is 2.26. The van der Waals surface area contributed by atoms with Gasteiger partial charge in [-0.15, -0.1) is 0 Å². The first kappa shape index (κ1) is 25.2. The van der Waals surface area contributed by atoms with Crippen molar-refractivity contribution in [3.05, 3.63) is 47.5 Å². The Bertz CT molecular complexity index is 964. The molecule has 2 rings (SSSR count). The van der Waals surface area contributed by atoms with E-state index in [9.17, 15) is 10.2 Å². The van der Waals surface area contributed by atoms with E-state index in [1.165, 1.54) is 0 Å². The summed E-state index contributed by atoms with van der Waals surface area (Å²) in [6.07, 6.45) is 3.37. The molecule has 0 unspecified atom stereocenters. The molecule has 0 fully saturated rings. The summed E-state index contributed by atoms with van der Waals surface area (Å²) < 4.78 is 0. The van der Waals surface area contributed by atoms with Crippen molar-refractivity contribution < 1.29 is 10.2 Å². The minimum atomic E-state index is -0.455. The summed E-state index contributed by atoms with van der Waals surface area (Å²) in [5, 5.41) is 20.7. The topological polar surface area (TPSA) is 71.7 Å². The molecular weight excluding hydrogens is 400 g/mol. The fourth-order valence-corrected chi connectivity index (χ4v) is 2.97. The van der Waals surface area contributed by atoms with Gasteiger partial charge in [0, 0.05) is 73.2 Å². The highest BCUT2D eigenvalue weighted by atomic mass is 16.3. The SMILES string of the molecule is CC(C)N(C)c1ccc(/C=N\CC(C)(C)/N=C\c2ccc(N(C)C(C)C)cc2O)c(O)c1. The molecule has 2 aromatic rings. The molecule has 0 saturated heterocycles. The van der Waals surface area contributed by atoms with Crippen LogP contribution in [-0.2, 0) is 0 Å². The van der Waals surface area contributed by atoms with Gasteiger partial charge < -0.3 is 20.0 Å². The third-order valence-corrected chi connectivity index (χ3v) is 5.65. The molecule has 6 nitrogen and oxygen atoms in total. The number of hydrogen-bond donors (Lipinski definition) is 2. The first-order valence-corrected chi connectivity index (χ1v) is 11.1. The van der Waals surface area contributed by atoms with Crippen LogP contribution in [0.1, 0.15) is 52.7 Å². The first-order valence-electron chi connectivity index (χ1n) is 11.1. The normalized spacial score (nSPS) is 12.4. The van der Waals surface area contributed by atoms with Crippen LogP contribution in [0.2, 0.25) is 0 Å². The molecule has 32 heavy (non-hydrogen) atoms. The molecule has 0 aliphatic carbocycles. The molecule has 0 spiro atoms. The van der Waals surface area contributed by atoms with E-state index in [4.69, 9.17) is 0 Å². The third-order valence-electron chi connectivity index (χ3n) is 5.65. The van der Waals surface area contributed by atoms with Gasteiger partial charge in [0.1, 0.15) is 11.5 Å². The summed E-state index contributed by atoms with van der Waals surface area (Å²) in [4.78, 5) is 13.3. The quantitative estimate of drug-likeness (QED) is 0.534. The van der Waals surface area contributed by atoms with Crippen LogP contribution in [0.5, 0.6) is 11.5 Å². The molecule has 2 aromatic carbocycles. The minimum Gasteiger partial charge on any atom is -0.507 e. The molecule has 0 aliphatic rings. The third kappa shape index (κ3) is 6.74. The highest BCUT2D eigenvalue weighted by molar-refractivity contribution is 5.85. The molecule has 0 saturated carbocycles. The van der Waals surface area contributed by atoms with Crippen LogP contribution >= 0.6 is 0 Å². The van der Waals surface area contributed by atoms with Crippen molar-refractivity contribution in [3.63, 3.8) is 0 Å². The number of aliphatic imine (C=N–C) groups is 2. The van der Waals surface area contributed by atoms with E-state index >= 15 is 0 Å². The molecule has 0 radical (unpaired) electrons. The fraction of sp³-hybridized carbons (Fsp3) is 0.462. The average Bonchev–Trinajstić information content (AvgIpc) is 2.72. The zero-order valence-corrected chi connectivity index (χ0v) is 20.7. The van der Waals surface area contributed by atoms with E-state index in [0.29, 0.717) is 29.8 Å². The van der Waals surface area contributed by atoms with Crippen molar-refractivity contribution in [1.82, 2.24) is 0 Å². The van der Waals surface area contributed by atoms with Gasteiger partial charge in [0.05, 0.1) is 12.1 Å². The largest absolute Gasteiger partial charge is 0.507 e. The van der Waals surface area contributed by atoms with Crippen molar-refractivity contribution in [2.75, 3.05) is 30.4 Å². The van der Waals surface area contributed by atoms with Gasteiger partial charge in [0.15, 0.2) is 0 Å². The van der Waals surface area contributed by atoms with Gasteiger partial charge in [0.25, 0.3) is 0 Å². The Hall–Kier alpha value is -3.02. The number of phenols is 2. The summed E-state index contributed by atoms with van der Waals surface area (Å²) >= 11 is 0. The van der Waals surface area contributed by atoms with Gasteiger partial charge in [-0.05, 0) is 65.8 Å². The maximum Gasteiger partial charge on any atom is 0.126 e. The molecule has 0 heterocycles. The number of benzene rings is 2. The van der Waals surface area contributed by atoms with Crippen LogP contribution in [-0.4, -0.2) is 60.9 Å². The van der Waals surface area contributed by atoms with Crippen LogP contribution in [0.3, 0.4) is 0 Å². The van der Waals surface area contributed by atoms with E-state index in [1.54, 1.807) is 24.6 Å². The van der Waals surface area contributed by atoms with Gasteiger partial charge >= 0.3 is 0 Å². The Labute approximate surface area is 192 Å². The van der Waals surface area contributed by atoms with Crippen molar-refractivity contribution in [3.8, 4) is 11.5 Å². The highest BCUT2D eigenvalue weighted by Gasteiger charge is 2.15. The molecule has 0 bridgehead atoms. The predicted molar refractivity (Wildman–Crippen MR) is 137 cm³/mol. The van der Waals surface area contributed by atoms with Crippen molar-refractivity contribution in [2.24, 2.45) is 9.98 Å². The first-order chi connectivity index (χ1) is 14.9. The molecule has 0 aromatic heterocycles. The maximum atomic E-state index is 10.4. The molecular formula is C26H38N4O2. The van der Waals surface area contributed by atoms with Gasteiger partial charge in [-0.2, -0.15) is 0 Å². The summed E-state index contributed by atoms with van der Waals surface area (Å²) in [6, 6.07) is 11.9. The van der Waals surface area contributed by atoms with E-state index < -0.39 is 5.54 Å². The van der Waals surface area contributed by atoms with Crippen LogP contribution in [0.15, 0.2) is 46.4 Å². The Kier molecular flexibility index (Phi) is 8.31. The van der Waals surface area contributed by atoms with Crippen LogP contribution in [0.4, 0.5) is 11.4 Å². The summed E-state index contributed by atoms with van der Waals surface area (Å²) in [7, 11) is 4.00. The molecule has 0 amide bonds. The van der Waals surface area contributed by atoms with Gasteiger partial charge in [-0.1, -0.05) is 0 Å². The van der Waals surface area contributed by atoms with E-state index in [1.807, 2.05) is 52.2 Å². The van der Waals surface area contributed by atoms with Crippen molar-refractivity contribution in [2.45, 2.75) is 59.2 Å². The lowest BCUT2D eigenvalue weighted by Gasteiger charge is -2.24. The van der Waals surface area contributed by atoms with Crippen LogP contribution in [0.25, 0.3) is 0 Å². The number of hydrogen-bond acceptors (Lipinski definition) is 6. The second-order valence-electron chi connectivity index (χ2n) is 9.44. The molecule has 0 aliphatic heterocycles. The van der Waals surface area contributed by atoms with Gasteiger partial charge in [0.2, 0.25) is 0 Å². The number of aromatic hydroxyl groups is 2. The average molecular weight is 439 g/mol. The maximum absolute atomic E-state index is 10.4. The lowest BCUT2D eigenvalue weighted by atomic mass is 10.1. The Morgan fingerprint density at radius 1 is 0.812 bits per heavy atom. The summed E-state index contributed by atoms with van der Waals surface area (Å²) in [6.45, 7) is 12.8. The Morgan fingerprint density at radius 3 is 1.66 bits per heavy atom. The number of anilines is 2. The van der Waals surface area contributed by atoms with E-state index in [-0.39, 0.29) is 11.5 Å². The van der Waals surface area contributed by atoms with Gasteiger partial charge in [-0.25, -0.2) is 0 Å². The Balaban J connectivity index is 2.06. The molecule has 0 atom stereocenters. The zero-order chi connectivity index (χ0) is 24.1. The smallest absolute Gasteiger partial charge is 0.126 e. The lowest BCUT2D eigenvalue weighted by molar-refractivity contribution is 0.473. The van der Waals surface area contributed by atoms with E-state index in [2.05, 4.69) is 47.5 Å². The second kappa shape index (κ2) is 10.5. The second-order valence-corrected chi connectivity index (χ2v) is 9.44. The minimum absolute atomic E-state index is 0.203. The van der Waals surface area contributed by atoms with Gasteiger partial charge in [-0.3, -0.25) is 9.98 Å². The number of rotatable bonds is 9. The fourth-order valence-electron chi connectivity index (χ4n) is 2.97. The van der Waals surface area contributed by atoms with Crippen LogP contribution in [0, 0.1) is 0 Å². The summed E-state index contributed by atoms with van der Waals surface area (Å²) in [5.41, 5.74) is 2.82. The molecule has 6 heteroatoms. The standard InChI is InChI=1S/C26H38N4O2/c1-18(2)29(7)22-11-9-20(24(31)13-22)15-27-17-26(5,6)28-16-21-10-12-23(14-25(21)32)30(8)19(3)4/h9-16,18-19,31-32H,17H2,1-8H3/b27-15-,28-16-. The van der Waals surface area contributed by atoms with E-state index in [0.717, 1.165) is 11.4 Å². The molecule has 174 valence electrons. The molecule has 2 N–H and O–H groups in total. The summed E-state index contributed by atoms with van der Waals surface area (Å²) in [5.74, 6) is 0.408. The number of nitrogens with zero attached hydrogens (tertiary/aromatic N) is 4. The van der Waals surface area contributed by atoms with Crippen LogP contribution < -0.4 is 9.80 Å².